The highest BCUT2D eigenvalue weighted by Gasteiger charge is 2.20. The van der Waals surface area contributed by atoms with E-state index in [-0.39, 0.29) is 5.02 Å². The Hall–Kier alpha value is -3.56. The molecule has 3 aromatic rings. The van der Waals surface area contributed by atoms with E-state index in [1.165, 1.54) is 23.9 Å². The first kappa shape index (κ1) is 25.1. The van der Waals surface area contributed by atoms with Crippen LogP contribution in [-0.2, 0) is 6.54 Å². The fourth-order valence-electron chi connectivity index (χ4n) is 3.36. The smallest absolute Gasteiger partial charge is 0.327 e. The zero-order chi connectivity index (χ0) is 24.8. The van der Waals surface area contributed by atoms with Gasteiger partial charge in [-0.05, 0) is 38.7 Å². The van der Waals surface area contributed by atoms with E-state index in [4.69, 9.17) is 21.1 Å². The highest BCUT2D eigenvalue weighted by atomic mass is 35.5. The first-order valence-electron chi connectivity index (χ1n) is 10.5. The molecule has 3 rings (SSSR count). The largest absolute Gasteiger partial charge is 0.496 e. The van der Waals surface area contributed by atoms with Crippen LogP contribution in [0.5, 0.6) is 11.5 Å². The molecule has 180 valence electrons. The van der Waals surface area contributed by atoms with Crippen LogP contribution >= 0.6 is 11.6 Å². The lowest BCUT2D eigenvalue weighted by molar-refractivity contribution is 0.258. The second-order valence-electron chi connectivity index (χ2n) is 7.91. The first-order chi connectivity index (χ1) is 16.2. The first-order valence-corrected chi connectivity index (χ1v) is 10.9. The summed E-state index contributed by atoms with van der Waals surface area (Å²) in [6.07, 6.45) is 1.40. The van der Waals surface area contributed by atoms with Crippen molar-refractivity contribution in [3.8, 4) is 11.5 Å². The van der Waals surface area contributed by atoms with Gasteiger partial charge in [-0.3, -0.25) is 4.90 Å². The van der Waals surface area contributed by atoms with Crippen LogP contribution in [0.3, 0.4) is 0 Å². The molecule has 0 atom stereocenters. The second kappa shape index (κ2) is 11.0. The van der Waals surface area contributed by atoms with Crippen LogP contribution in [0.4, 0.5) is 27.8 Å². The highest BCUT2D eigenvalue weighted by molar-refractivity contribution is 6.35. The minimum absolute atomic E-state index is 0.283. The van der Waals surface area contributed by atoms with E-state index in [1.54, 1.807) is 33.2 Å². The van der Waals surface area contributed by atoms with Crippen LogP contribution in [0.25, 0.3) is 0 Å². The summed E-state index contributed by atoms with van der Waals surface area (Å²) >= 11 is 6.45. The lowest BCUT2D eigenvalue weighted by atomic mass is 10.1. The fraction of sp³-hybridized carbons (Fsp3) is 0.292. The molecule has 0 aliphatic rings. The Morgan fingerprint density at radius 2 is 1.79 bits per heavy atom. The molecule has 2 amide bonds. The number of ether oxygens (including phenoxy) is 2. The van der Waals surface area contributed by atoms with Gasteiger partial charge < -0.3 is 25.0 Å². The standard InChI is InChI=1S/C24H29ClN6O3/c1-15-18(33-5)11-19(34-6)22(25)23(15)29-24(32)31(4)21-12-20(26-14-27-21)28-17-9-7-8-16(10-17)13-30(2)3/h7-12,14H,13H2,1-6H3,(H,29,32)(H,26,27,28). The number of rotatable bonds is 8. The van der Waals surface area contributed by atoms with E-state index >= 15 is 0 Å². The van der Waals surface area contributed by atoms with E-state index in [0.717, 1.165) is 12.2 Å². The van der Waals surface area contributed by atoms with Gasteiger partial charge in [0.15, 0.2) is 0 Å². The molecule has 0 fully saturated rings. The number of hydrogen-bond donors (Lipinski definition) is 2. The Balaban J connectivity index is 1.79. The summed E-state index contributed by atoms with van der Waals surface area (Å²) in [5.74, 6) is 1.91. The summed E-state index contributed by atoms with van der Waals surface area (Å²) in [5, 5.41) is 6.38. The van der Waals surface area contributed by atoms with Gasteiger partial charge in [0.05, 0.1) is 19.9 Å². The molecular weight excluding hydrogens is 456 g/mol. The molecule has 1 heterocycles. The Morgan fingerprint density at radius 3 is 2.47 bits per heavy atom. The maximum absolute atomic E-state index is 13.0. The number of hydrogen-bond acceptors (Lipinski definition) is 7. The van der Waals surface area contributed by atoms with E-state index in [1.807, 2.05) is 26.2 Å². The normalized spacial score (nSPS) is 10.7. The number of nitrogens with zero attached hydrogens (tertiary/aromatic N) is 4. The van der Waals surface area contributed by atoms with Crippen LogP contribution < -0.4 is 25.0 Å². The summed E-state index contributed by atoms with van der Waals surface area (Å²) in [6, 6.07) is 11.0. The van der Waals surface area contributed by atoms with Gasteiger partial charge in [-0.1, -0.05) is 23.7 Å². The molecule has 10 heteroatoms. The van der Waals surface area contributed by atoms with Gasteiger partial charge in [0.25, 0.3) is 0 Å². The molecule has 2 aromatic carbocycles. The average molecular weight is 485 g/mol. The molecule has 0 radical (unpaired) electrons. The van der Waals surface area contributed by atoms with Gasteiger partial charge in [0, 0.05) is 37.0 Å². The Kier molecular flexibility index (Phi) is 8.14. The SMILES string of the molecule is COc1cc(OC)c(Cl)c(NC(=O)N(C)c2cc(Nc3cccc(CN(C)C)c3)ncn2)c1C. The van der Waals surface area contributed by atoms with Crippen molar-refractivity contribution in [1.29, 1.82) is 0 Å². The lowest BCUT2D eigenvalue weighted by Crippen LogP contribution is -2.32. The van der Waals surface area contributed by atoms with Crippen molar-refractivity contribution in [2.75, 3.05) is 50.9 Å². The Bertz CT molecular complexity index is 1140. The van der Waals surface area contributed by atoms with Crippen LogP contribution in [0.15, 0.2) is 42.7 Å². The molecule has 0 spiro atoms. The molecule has 0 unspecified atom stereocenters. The second-order valence-corrected chi connectivity index (χ2v) is 8.29. The number of halogens is 1. The number of carbonyl (C=O) groups is 1. The monoisotopic (exact) mass is 484 g/mol. The van der Waals surface area contributed by atoms with Crippen molar-refractivity contribution in [2.45, 2.75) is 13.5 Å². The molecule has 1 aromatic heterocycles. The van der Waals surface area contributed by atoms with Crippen molar-refractivity contribution in [2.24, 2.45) is 0 Å². The summed E-state index contributed by atoms with van der Waals surface area (Å²) in [5.41, 5.74) is 3.14. The number of urea groups is 1. The number of amides is 2. The number of aromatic nitrogens is 2. The number of anilines is 4. The number of nitrogens with one attached hydrogen (secondary N) is 2. The van der Waals surface area contributed by atoms with Crippen molar-refractivity contribution < 1.29 is 14.3 Å². The molecule has 0 saturated heterocycles. The van der Waals surface area contributed by atoms with Gasteiger partial charge in [0.1, 0.15) is 34.5 Å². The van der Waals surface area contributed by atoms with Crippen LogP contribution in [0, 0.1) is 6.92 Å². The van der Waals surface area contributed by atoms with Crippen LogP contribution in [0.2, 0.25) is 5.02 Å². The van der Waals surface area contributed by atoms with Gasteiger partial charge in [-0.15, -0.1) is 0 Å². The van der Waals surface area contributed by atoms with Crippen molar-refractivity contribution in [3.05, 3.63) is 58.9 Å². The third-order valence-electron chi connectivity index (χ3n) is 5.11. The fourth-order valence-corrected chi connectivity index (χ4v) is 3.69. The third-order valence-corrected chi connectivity index (χ3v) is 5.49. The summed E-state index contributed by atoms with van der Waals surface area (Å²) < 4.78 is 10.7. The topological polar surface area (TPSA) is 91.9 Å². The molecule has 0 bridgehead atoms. The summed E-state index contributed by atoms with van der Waals surface area (Å²) in [4.78, 5) is 25.0. The van der Waals surface area contributed by atoms with Crippen LogP contribution in [-0.4, -0.2) is 56.3 Å². The maximum atomic E-state index is 13.0. The van der Waals surface area contributed by atoms with Gasteiger partial charge in [-0.25, -0.2) is 14.8 Å². The number of carbonyl (C=O) groups excluding carboxylic acids is 1. The van der Waals surface area contributed by atoms with E-state index in [0.29, 0.717) is 34.4 Å². The van der Waals surface area contributed by atoms with E-state index in [2.05, 4.69) is 37.6 Å². The molecule has 9 nitrogen and oxygen atoms in total. The lowest BCUT2D eigenvalue weighted by Gasteiger charge is -2.21. The van der Waals surface area contributed by atoms with E-state index in [9.17, 15) is 4.79 Å². The molecule has 0 saturated carbocycles. The minimum atomic E-state index is -0.432. The third kappa shape index (κ3) is 5.86. The van der Waals surface area contributed by atoms with Crippen molar-refractivity contribution in [3.63, 3.8) is 0 Å². The summed E-state index contributed by atoms with van der Waals surface area (Å²) in [7, 11) is 8.69. The van der Waals surface area contributed by atoms with Crippen molar-refractivity contribution in [1.82, 2.24) is 14.9 Å². The van der Waals surface area contributed by atoms with E-state index < -0.39 is 6.03 Å². The molecule has 0 aliphatic carbocycles. The zero-order valence-electron chi connectivity index (χ0n) is 20.1. The Morgan fingerprint density at radius 1 is 1.06 bits per heavy atom. The minimum Gasteiger partial charge on any atom is -0.496 e. The number of benzene rings is 2. The average Bonchev–Trinajstić information content (AvgIpc) is 2.81. The number of methoxy groups -OCH3 is 2. The van der Waals surface area contributed by atoms with Crippen LogP contribution in [0.1, 0.15) is 11.1 Å². The van der Waals surface area contributed by atoms with Crippen molar-refractivity contribution >= 4 is 40.6 Å². The molecular formula is C24H29ClN6O3. The summed E-state index contributed by atoms with van der Waals surface area (Å²) in [6.45, 7) is 2.63. The maximum Gasteiger partial charge on any atom is 0.327 e. The van der Waals surface area contributed by atoms with Gasteiger partial charge in [0.2, 0.25) is 0 Å². The zero-order valence-corrected chi connectivity index (χ0v) is 20.9. The molecule has 34 heavy (non-hydrogen) atoms. The predicted octanol–water partition coefficient (Wildman–Crippen LogP) is 4.93. The molecule has 2 N–H and O–H groups in total. The quantitative estimate of drug-likeness (QED) is 0.468. The molecule has 0 aliphatic heterocycles. The Labute approximate surface area is 204 Å². The highest BCUT2D eigenvalue weighted by Crippen LogP contribution is 2.40. The predicted molar refractivity (Wildman–Crippen MR) is 136 cm³/mol. The van der Waals surface area contributed by atoms with Gasteiger partial charge >= 0.3 is 6.03 Å². The van der Waals surface area contributed by atoms with Gasteiger partial charge in [-0.2, -0.15) is 0 Å².